The highest BCUT2D eigenvalue weighted by Gasteiger charge is 2.48. The van der Waals surface area contributed by atoms with Crippen molar-refractivity contribution in [3.05, 3.63) is 0 Å². The predicted molar refractivity (Wildman–Crippen MR) is 72.3 cm³/mol. The molecule has 4 heteroatoms. The maximum atomic E-state index is 12.4. The van der Waals surface area contributed by atoms with Crippen LogP contribution >= 0.6 is 0 Å². The lowest BCUT2D eigenvalue weighted by Crippen LogP contribution is -2.68. The second-order valence-corrected chi connectivity index (χ2v) is 7.14. The van der Waals surface area contributed by atoms with Gasteiger partial charge in [-0.25, -0.2) is 0 Å². The van der Waals surface area contributed by atoms with Gasteiger partial charge >= 0.3 is 0 Å². The predicted octanol–water partition coefficient (Wildman–Crippen LogP) is 1.55. The first-order valence-corrected chi connectivity index (χ1v) is 7.52. The topological polar surface area (TPSA) is 49.4 Å². The molecule has 2 saturated carbocycles. The van der Waals surface area contributed by atoms with Crippen LogP contribution in [0.4, 0.5) is 0 Å². The molecule has 0 aromatic heterocycles. The van der Waals surface area contributed by atoms with Crippen LogP contribution in [0.2, 0.25) is 0 Å². The average Bonchev–Trinajstić information content (AvgIpc) is 2.95. The number of hydrogen-bond donors (Lipinski definition) is 1. The van der Waals surface area contributed by atoms with Crippen LogP contribution in [0, 0.1) is 17.8 Å². The van der Waals surface area contributed by atoms with Crippen LogP contribution in [0.1, 0.15) is 46.5 Å². The number of nitrogens with one attached hydrogen (secondary N) is 1. The second kappa shape index (κ2) is 4.22. The molecule has 4 nitrogen and oxygen atoms in total. The smallest absolute Gasteiger partial charge is 0.246 e. The normalized spacial score (nSPS) is 40.7. The Morgan fingerprint density at radius 2 is 2.00 bits per heavy atom. The Kier molecular flexibility index (Phi) is 2.88. The van der Waals surface area contributed by atoms with Gasteiger partial charge in [-0.1, -0.05) is 6.42 Å². The zero-order chi connectivity index (χ0) is 13.8. The monoisotopic (exact) mass is 264 g/mol. The molecule has 0 aromatic rings. The zero-order valence-corrected chi connectivity index (χ0v) is 12.1. The molecule has 3 fully saturated rings. The van der Waals surface area contributed by atoms with Crippen molar-refractivity contribution in [2.45, 2.75) is 58.0 Å². The molecule has 19 heavy (non-hydrogen) atoms. The summed E-state index contributed by atoms with van der Waals surface area (Å²) in [6, 6.07) is -0.376. The van der Waals surface area contributed by atoms with Gasteiger partial charge in [0.1, 0.15) is 11.6 Å². The van der Waals surface area contributed by atoms with Crippen LogP contribution in [0.15, 0.2) is 0 Å². The Morgan fingerprint density at radius 1 is 1.26 bits per heavy atom. The average molecular weight is 264 g/mol. The molecule has 3 aliphatic rings. The summed E-state index contributed by atoms with van der Waals surface area (Å²) < 4.78 is 0. The largest absolute Gasteiger partial charge is 0.343 e. The quantitative estimate of drug-likeness (QED) is 0.822. The first-order chi connectivity index (χ1) is 8.89. The van der Waals surface area contributed by atoms with Crippen LogP contribution in [-0.4, -0.2) is 34.8 Å². The van der Waals surface area contributed by atoms with Crippen molar-refractivity contribution >= 4 is 11.8 Å². The van der Waals surface area contributed by atoms with E-state index in [1.165, 1.54) is 25.7 Å². The third kappa shape index (κ3) is 1.96. The first kappa shape index (κ1) is 12.9. The summed E-state index contributed by atoms with van der Waals surface area (Å²) in [7, 11) is 0. The Balaban J connectivity index is 1.77. The molecular formula is C15H24N2O2. The SMILES string of the molecule is CC1NC(=O)C(C)(C)N(CC2CC3CCC2C3)C1=O. The number of hydrogen-bond acceptors (Lipinski definition) is 2. The molecule has 3 rings (SSSR count). The molecule has 1 N–H and O–H groups in total. The van der Waals surface area contributed by atoms with Crippen molar-refractivity contribution in [1.82, 2.24) is 10.2 Å². The van der Waals surface area contributed by atoms with Gasteiger partial charge in [-0.15, -0.1) is 0 Å². The van der Waals surface area contributed by atoms with Crippen molar-refractivity contribution < 1.29 is 9.59 Å². The van der Waals surface area contributed by atoms with E-state index >= 15 is 0 Å². The molecule has 0 spiro atoms. The summed E-state index contributed by atoms with van der Waals surface area (Å²) in [6.07, 6.45) is 5.28. The number of carbonyl (C=O) groups is 2. The van der Waals surface area contributed by atoms with Crippen molar-refractivity contribution in [3.63, 3.8) is 0 Å². The highest BCUT2D eigenvalue weighted by Crippen LogP contribution is 2.49. The van der Waals surface area contributed by atoms with Crippen LogP contribution < -0.4 is 5.32 Å². The fraction of sp³-hybridized carbons (Fsp3) is 0.867. The van der Waals surface area contributed by atoms with E-state index in [0.29, 0.717) is 5.92 Å². The lowest BCUT2D eigenvalue weighted by molar-refractivity contribution is -0.155. The number of fused-ring (bicyclic) bond motifs is 2. The van der Waals surface area contributed by atoms with E-state index in [1.54, 1.807) is 6.92 Å². The number of amides is 2. The highest BCUT2D eigenvalue weighted by molar-refractivity contribution is 5.99. The molecule has 106 valence electrons. The number of nitrogens with zero attached hydrogens (tertiary/aromatic N) is 1. The Labute approximate surface area is 114 Å². The summed E-state index contributed by atoms with van der Waals surface area (Å²) in [6.45, 7) is 6.27. The molecule has 1 saturated heterocycles. The summed E-state index contributed by atoms with van der Waals surface area (Å²) in [5.74, 6) is 2.33. The summed E-state index contributed by atoms with van der Waals surface area (Å²) in [5, 5.41) is 2.78. The minimum atomic E-state index is -0.703. The molecule has 2 aliphatic carbocycles. The molecule has 0 aromatic carbocycles. The van der Waals surface area contributed by atoms with Gasteiger partial charge in [-0.3, -0.25) is 9.59 Å². The lowest BCUT2D eigenvalue weighted by Gasteiger charge is -2.45. The summed E-state index contributed by atoms with van der Waals surface area (Å²) >= 11 is 0. The van der Waals surface area contributed by atoms with Crippen LogP contribution in [-0.2, 0) is 9.59 Å². The minimum Gasteiger partial charge on any atom is -0.343 e. The summed E-state index contributed by atoms with van der Waals surface area (Å²) in [4.78, 5) is 26.3. The number of piperazine rings is 1. The number of carbonyl (C=O) groups excluding carboxylic acids is 2. The van der Waals surface area contributed by atoms with Crippen molar-refractivity contribution in [1.29, 1.82) is 0 Å². The van der Waals surface area contributed by atoms with Crippen LogP contribution in [0.5, 0.6) is 0 Å². The maximum absolute atomic E-state index is 12.4. The van der Waals surface area contributed by atoms with E-state index in [2.05, 4.69) is 5.32 Å². The molecule has 4 atom stereocenters. The maximum Gasteiger partial charge on any atom is 0.246 e. The van der Waals surface area contributed by atoms with Gasteiger partial charge in [-0.2, -0.15) is 0 Å². The van der Waals surface area contributed by atoms with Gasteiger partial charge in [0, 0.05) is 6.54 Å². The van der Waals surface area contributed by atoms with E-state index in [-0.39, 0.29) is 17.9 Å². The van der Waals surface area contributed by atoms with Gasteiger partial charge in [0.05, 0.1) is 0 Å². The summed E-state index contributed by atoms with van der Waals surface area (Å²) in [5.41, 5.74) is -0.703. The molecule has 4 unspecified atom stereocenters. The molecule has 1 aliphatic heterocycles. The van der Waals surface area contributed by atoms with Crippen LogP contribution in [0.3, 0.4) is 0 Å². The van der Waals surface area contributed by atoms with Gasteiger partial charge in [-0.05, 0) is 57.8 Å². The molecule has 2 bridgehead atoms. The minimum absolute atomic E-state index is 0.0252. The Morgan fingerprint density at radius 3 is 2.58 bits per heavy atom. The zero-order valence-electron chi connectivity index (χ0n) is 12.1. The van der Waals surface area contributed by atoms with Gasteiger partial charge in [0.2, 0.25) is 11.8 Å². The third-order valence-corrected chi connectivity index (χ3v) is 5.52. The fourth-order valence-electron chi connectivity index (χ4n) is 4.22. The first-order valence-electron chi connectivity index (χ1n) is 7.52. The van der Waals surface area contributed by atoms with E-state index in [1.807, 2.05) is 18.7 Å². The van der Waals surface area contributed by atoms with E-state index in [0.717, 1.165) is 18.4 Å². The van der Waals surface area contributed by atoms with Crippen molar-refractivity contribution in [3.8, 4) is 0 Å². The van der Waals surface area contributed by atoms with Gasteiger partial charge in [0.25, 0.3) is 0 Å². The van der Waals surface area contributed by atoms with E-state index < -0.39 is 5.54 Å². The van der Waals surface area contributed by atoms with E-state index in [9.17, 15) is 9.59 Å². The van der Waals surface area contributed by atoms with Crippen molar-refractivity contribution in [2.24, 2.45) is 17.8 Å². The fourth-order valence-corrected chi connectivity index (χ4v) is 4.22. The Bertz CT molecular complexity index is 418. The second-order valence-electron chi connectivity index (χ2n) is 7.14. The van der Waals surface area contributed by atoms with Gasteiger partial charge in [0.15, 0.2) is 0 Å². The highest BCUT2D eigenvalue weighted by atomic mass is 16.2. The molecule has 2 amide bonds. The lowest BCUT2D eigenvalue weighted by atomic mass is 9.86. The standard InChI is InChI=1S/C15H24N2O2/c1-9-13(18)17(15(2,3)14(19)16-9)8-12-7-10-4-5-11(12)6-10/h9-12H,4-8H2,1-3H3,(H,16,19). The molecule has 1 heterocycles. The third-order valence-electron chi connectivity index (χ3n) is 5.52. The number of rotatable bonds is 2. The molecule has 0 radical (unpaired) electrons. The molecular weight excluding hydrogens is 240 g/mol. The van der Waals surface area contributed by atoms with Crippen LogP contribution in [0.25, 0.3) is 0 Å². The van der Waals surface area contributed by atoms with Gasteiger partial charge < -0.3 is 10.2 Å². The van der Waals surface area contributed by atoms with Crippen molar-refractivity contribution in [2.75, 3.05) is 6.54 Å². The Hall–Kier alpha value is -1.06. The van der Waals surface area contributed by atoms with E-state index in [4.69, 9.17) is 0 Å².